The summed E-state index contributed by atoms with van der Waals surface area (Å²) in [5.74, 6) is -0.264. The molecule has 1 aromatic heterocycles. The van der Waals surface area contributed by atoms with Crippen LogP contribution in [0.4, 0.5) is 4.39 Å². The molecule has 2 aliphatic heterocycles. The lowest BCUT2D eigenvalue weighted by atomic mass is 9.86. The number of fused-ring (bicyclic) bond motifs is 1. The summed E-state index contributed by atoms with van der Waals surface area (Å²) in [4.78, 5) is 25.8. The monoisotopic (exact) mass is 316 g/mol. The fourth-order valence-corrected chi connectivity index (χ4v) is 3.66. The highest BCUT2D eigenvalue weighted by Gasteiger charge is 2.45. The van der Waals surface area contributed by atoms with Crippen LogP contribution in [0.2, 0.25) is 0 Å². The average Bonchev–Trinajstić information content (AvgIpc) is 3.20. The van der Waals surface area contributed by atoms with E-state index in [1.54, 1.807) is 6.07 Å². The van der Waals surface area contributed by atoms with Crippen LogP contribution in [0.5, 0.6) is 0 Å². The van der Waals surface area contributed by atoms with Crippen LogP contribution in [0.3, 0.4) is 0 Å². The van der Waals surface area contributed by atoms with Crippen LogP contribution in [0, 0.1) is 11.2 Å². The van der Waals surface area contributed by atoms with Crippen LogP contribution < -0.4 is 5.32 Å². The molecule has 0 saturated carbocycles. The van der Waals surface area contributed by atoms with Crippen LogP contribution in [-0.2, 0) is 16.0 Å². The molecule has 1 unspecified atom stereocenters. The second-order valence-electron chi connectivity index (χ2n) is 6.60. The molecule has 6 heteroatoms. The first kappa shape index (κ1) is 14.2. The van der Waals surface area contributed by atoms with E-state index in [-0.39, 0.29) is 29.5 Å². The first-order valence-corrected chi connectivity index (χ1v) is 7.75. The zero-order valence-corrected chi connectivity index (χ0v) is 12.6. The zero-order valence-electron chi connectivity index (χ0n) is 12.6. The van der Waals surface area contributed by atoms with Gasteiger partial charge in [0.15, 0.2) is 0 Å². The van der Waals surface area contributed by atoms with Gasteiger partial charge in [0.25, 0.3) is 0 Å². The summed E-state index contributed by atoms with van der Waals surface area (Å²) in [6.45, 7) is 1.96. The minimum atomic E-state index is -0.357. The van der Waals surface area contributed by atoms with E-state index < -0.39 is 0 Å². The number of nitrogens with one attached hydrogen (secondary N) is 1. The Balaban J connectivity index is 1.48. The topological polar surface area (TPSA) is 62.6 Å². The fourth-order valence-electron chi connectivity index (χ4n) is 3.66. The number of furan rings is 1. The molecule has 1 spiro atoms. The molecular weight excluding hydrogens is 299 g/mol. The van der Waals surface area contributed by atoms with Crippen LogP contribution in [0.25, 0.3) is 11.0 Å². The van der Waals surface area contributed by atoms with Crippen LogP contribution in [0.15, 0.2) is 28.9 Å². The lowest BCUT2D eigenvalue weighted by molar-refractivity contribution is -0.130. The molecule has 3 heterocycles. The molecule has 0 radical (unpaired) electrons. The molecule has 2 saturated heterocycles. The molecule has 2 amide bonds. The molecule has 0 aliphatic carbocycles. The second kappa shape index (κ2) is 5.08. The molecule has 2 fully saturated rings. The van der Waals surface area contributed by atoms with Gasteiger partial charge < -0.3 is 14.6 Å². The number of carbonyl (C=O) groups excluding carboxylic acids is 2. The second-order valence-corrected chi connectivity index (χ2v) is 6.60. The molecule has 23 heavy (non-hydrogen) atoms. The molecular formula is C17H17FN2O3. The van der Waals surface area contributed by atoms with E-state index in [1.807, 2.05) is 4.90 Å². The number of hydrogen-bond acceptors (Lipinski definition) is 3. The van der Waals surface area contributed by atoms with Gasteiger partial charge in [0.05, 0.1) is 12.7 Å². The molecule has 5 nitrogen and oxygen atoms in total. The third-order valence-corrected chi connectivity index (χ3v) is 4.95. The van der Waals surface area contributed by atoms with Crippen LogP contribution in [-0.4, -0.2) is 36.3 Å². The third kappa shape index (κ3) is 2.48. The normalized spacial score (nSPS) is 23.9. The van der Waals surface area contributed by atoms with Crippen molar-refractivity contribution in [3.63, 3.8) is 0 Å². The Bertz CT molecular complexity index is 800. The summed E-state index contributed by atoms with van der Waals surface area (Å²) in [6, 6.07) is 4.33. The summed E-state index contributed by atoms with van der Waals surface area (Å²) in [6.07, 6.45) is 3.12. The van der Waals surface area contributed by atoms with Gasteiger partial charge in [-0.05, 0) is 18.6 Å². The van der Waals surface area contributed by atoms with Crippen molar-refractivity contribution in [3.05, 3.63) is 35.8 Å². The van der Waals surface area contributed by atoms with Gasteiger partial charge in [-0.3, -0.25) is 9.59 Å². The number of rotatable bonds is 2. The Hall–Kier alpha value is -2.37. The Labute approximate surface area is 132 Å². The van der Waals surface area contributed by atoms with E-state index in [1.165, 1.54) is 18.4 Å². The molecule has 120 valence electrons. The number of halogens is 1. The first-order valence-electron chi connectivity index (χ1n) is 7.75. The predicted molar refractivity (Wildman–Crippen MR) is 81.1 cm³/mol. The number of carbonyl (C=O) groups is 2. The van der Waals surface area contributed by atoms with E-state index in [0.717, 1.165) is 17.4 Å². The van der Waals surface area contributed by atoms with E-state index in [2.05, 4.69) is 5.32 Å². The standard InChI is InChI=1S/C17H17FN2O3/c18-12-1-2-13-11(8-23-14(13)6-12)5-16(22)20-4-3-17(10-20)7-15(21)19-9-17/h1-2,6,8H,3-5,7,9-10H2,(H,19,21). The van der Waals surface area contributed by atoms with Gasteiger partial charge >= 0.3 is 0 Å². The highest BCUT2D eigenvalue weighted by atomic mass is 19.1. The summed E-state index contributed by atoms with van der Waals surface area (Å²) in [5.41, 5.74) is 1.14. The zero-order chi connectivity index (χ0) is 16.0. The van der Waals surface area contributed by atoms with Crippen molar-refractivity contribution in [2.45, 2.75) is 19.3 Å². The van der Waals surface area contributed by atoms with Gasteiger partial charge in [-0.1, -0.05) is 0 Å². The first-order chi connectivity index (χ1) is 11.0. The molecule has 1 atom stereocenters. The summed E-state index contributed by atoms with van der Waals surface area (Å²) >= 11 is 0. The highest BCUT2D eigenvalue weighted by Crippen LogP contribution is 2.37. The van der Waals surface area contributed by atoms with E-state index in [9.17, 15) is 14.0 Å². The number of benzene rings is 1. The molecule has 4 rings (SSSR count). The average molecular weight is 316 g/mol. The van der Waals surface area contributed by atoms with Gasteiger partial charge in [0.1, 0.15) is 11.4 Å². The maximum atomic E-state index is 13.2. The van der Waals surface area contributed by atoms with Crippen LogP contribution >= 0.6 is 0 Å². The Morgan fingerprint density at radius 1 is 1.43 bits per heavy atom. The number of amides is 2. The molecule has 1 N–H and O–H groups in total. The number of nitrogens with zero attached hydrogens (tertiary/aromatic N) is 1. The maximum Gasteiger partial charge on any atom is 0.227 e. The van der Waals surface area contributed by atoms with Crippen molar-refractivity contribution in [2.24, 2.45) is 5.41 Å². The molecule has 1 aromatic carbocycles. The number of hydrogen-bond donors (Lipinski definition) is 1. The number of likely N-dealkylation sites (tertiary alicyclic amines) is 1. The van der Waals surface area contributed by atoms with Crippen molar-refractivity contribution in [1.82, 2.24) is 10.2 Å². The molecule has 0 bridgehead atoms. The van der Waals surface area contributed by atoms with E-state index in [0.29, 0.717) is 31.6 Å². The Morgan fingerprint density at radius 3 is 3.09 bits per heavy atom. The van der Waals surface area contributed by atoms with Crippen molar-refractivity contribution in [3.8, 4) is 0 Å². The largest absolute Gasteiger partial charge is 0.464 e. The van der Waals surface area contributed by atoms with Crippen molar-refractivity contribution >= 4 is 22.8 Å². The van der Waals surface area contributed by atoms with E-state index in [4.69, 9.17) is 4.42 Å². The smallest absolute Gasteiger partial charge is 0.227 e. The van der Waals surface area contributed by atoms with Crippen LogP contribution in [0.1, 0.15) is 18.4 Å². The molecule has 2 aromatic rings. The van der Waals surface area contributed by atoms with Gasteiger partial charge in [-0.15, -0.1) is 0 Å². The van der Waals surface area contributed by atoms with Gasteiger partial charge in [-0.25, -0.2) is 4.39 Å². The van der Waals surface area contributed by atoms with Crippen molar-refractivity contribution < 1.29 is 18.4 Å². The van der Waals surface area contributed by atoms with Gasteiger partial charge in [0.2, 0.25) is 11.8 Å². The minimum Gasteiger partial charge on any atom is -0.464 e. The Morgan fingerprint density at radius 2 is 2.30 bits per heavy atom. The maximum absolute atomic E-state index is 13.2. The van der Waals surface area contributed by atoms with Gasteiger partial charge in [0, 0.05) is 48.5 Å². The quantitative estimate of drug-likeness (QED) is 0.920. The molecule has 2 aliphatic rings. The van der Waals surface area contributed by atoms with Gasteiger partial charge in [-0.2, -0.15) is 0 Å². The SMILES string of the molecule is O=C1CC2(CCN(C(=O)Cc3coc4cc(F)ccc34)C2)CN1. The predicted octanol–water partition coefficient (Wildman–Crippen LogP) is 1.85. The highest BCUT2D eigenvalue weighted by molar-refractivity contribution is 5.88. The van der Waals surface area contributed by atoms with Crippen molar-refractivity contribution in [2.75, 3.05) is 19.6 Å². The fraction of sp³-hybridized carbons (Fsp3) is 0.412. The summed E-state index contributed by atoms with van der Waals surface area (Å²) in [5, 5.41) is 3.63. The van der Waals surface area contributed by atoms with E-state index >= 15 is 0 Å². The summed E-state index contributed by atoms with van der Waals surface area (Å²) in [7, 11) is 0. The lowest BCUT2D eigenvalue weighted by Crippen LogP contribution is -2.34. The Kier molecular flexibility index (Phi) is 3.14. The lowest BCUT2D eigenvalue weighted by Gasteiger charge is -2.21. The minimum absolute atomic E-state index is 0.0215. The van der Waals surface area contributed by atoms with Crippen molar-refractivity contribution in [1.29, 1.82) is 0 Å². The summed E-state index contributed by atoms with van der Waals surface area (Å²) < 4.78 is 18.5. The third-order valence-electron chi connectivity index (χ3n) is 4.95.